The molecular formula is C11H22N2O. The van der Waals surface area contributed by atoms with Crippen molar-refractivity contribution < 1.29 is 4.79 Å². The molecule has 3 nitrogen and oxygen atoms in total. The van der Waals surface area contributed by atoms with Crippen LogP contribution >= 0.6 is 0 Å². The third-order valence-corrected chi connectivity index (χ3v) is 3.34. The van der Waals surface area contributed by atoms with Crippen molar-refractivity contribution in [2.24, 2.45) is 11.7 Å². The minimum Gasteiger partial charge on any atom is -0.368 e. The smallest absolute Gasteiger partial charge is 0.234 e. The second kappa shape index (κ2) is 5.35. The van der Waals surface area contributed by atoms with Gasteiger partial charge in [-0.2, -0.15) is 0 Å². The first kappa shape index (κ1) is 11.5. The lowest BCUT2D eigenvalue weighted by Gasteiger charge is -2.29. The minimum atomic E-state index is -0.219. The highest BCUT2D eigenvalue weighted by Gasteiger charge is 2.20. The number of likely N-dealkylation sites (N-methyl/N-ethyl adjacent to an activating group) is 1. The lowest BCUT2D eigenvalue weighted by Crippen LogP contribution is -2.42. The van der Waals surface area contributed by atoms with Gasteiger partial charge in [-0.15, -0.1) is 0 Å². The number of hydrogen-bond acceptors (Lipinski definition) is 2. The predicted molar refractivity (Wildman–Crippen MR) is 57.9 cm³/mol. The molecule has 1 aliphatic carbocycles. The van der Waals surface area contributed by atoms with Gasteiger partial charge in [0.05, 0.1) is 6.04 Å². The summed E-state index contributed by atoms with van der Waals surface area (Å²) in [6, 6.07) is -0.128. The van der Waals surface area contributed by atoms with E-state index in [1.54, 1.807) is 0 Å². The number of carbonyl (C=O) groups is 1. The van der Waals surface area contributed by atoms with Crippen LogP contribution in [-0.4, -0.2) is 30.4 Å². The molecule has 0 spiro atoms. The lowest BCUT2D eigenvalue weighted by molar-refractivity contribution is -0.122. The van der Waals surface area contributed by atoms with Crippen molar-refractivity contribution in [2.45, 2.75) is 45.1 Å². The zero-order valence-corrected chi connectivity index (χ0v) is 9.33. The molecule has 82 valence electrons. The van der Waals surface area contributed by atoms with E-state index >= 15 is 0 Å². The molecule has 1 atom stereocenters. The third kappa shape index (κ3) is 3.29. The van der Waals surface area contributed by atoms with Gasteiger partial charge < -0.3 is 5.73 Å². The number of nitrogens with two attached hydrogens (primary N) is 1. The van der Waals surface area contributed by atoms with Crippen molar-refractivity contribution in [3.8, 4) is 0 Å². The Labute approximate surface area is 86.6 Å². The molecule has 2 N–H and O–H groups in total. The summed E-state index contributed by atoms with van der Waals surface area (Å²) in [6.45, 7) is 2.90. The summed E-state index contributed by atoms with van der Waals surface area (Å²) in [4.78, 5) is 13.0. The second-order valence-electron chi connectivity index (χ2n) is 4.52. The Morgan fingerprint density at radius 1 is 1.43 bits per heavy atom. The van der Waals surface area contributed by atoms with Crippen LogP contribution < -0.4 is 5.73 Å². The standard InChI is InChI=1S/C11H22N2O/c1-9(11(12)14)13(2)8-10-6-4-3-5-7-10/h9-10H,3-8H2,1-2H3,(H2,12,14)/t9-/m1/s1. The van der Waals surface area contributed by atoms with E-state index in [0.29, 0.717) is 0 Å². The highest BCUT2D eigenvalue weighted by Crippen LogP contribution is 2.24. The predicted octanol–water partition coefficient (Wildman–Crippen LogP) is 1.37. The van der Waals surface area contributed by atoms with Gasteiger partial charge in [0, 0.05) is 6.54 Å². The van der Waals surface area contributed by atoms with Gasteiger partial charge in [-0.25, -0.2) is 0 Å². The monoisotopic (exact) mass is 198 g/mol. The van der Waals surface area contributed by atoms with Gasteiger partial charge in [0.1, 0.15) is 0 Å². The fourth-order valence-electron chi connectivity index (χ4n) is 2.15. The number of primary amides is 1. The fraction of sp³-hybridized carbons (Fsp3) is 0.909. The first-order valence-corrected chi connectivity index (χ1v) is 5.61. The Morgan fingerprint density at radius 3 is 2.50 bits per heavy atom. The molecule has 14 heavy (non-hydrogen) atoms. The van der Waals surface area contributed by atoms with Crippen molar-refractivity contribution in [1.82, 2.24) is 4.90 Å². The van der Waals surface area contributed by atoms with Crippen LogP contribution in [0.5, 0.6) is 0 Å². The van der Waals surface area contributed by atoms with E-state index in [1.807, 2.05) is 14.0 Å². The summed E-state index contributed by atoms with van der Waals surface area (Å²) in [5, 5.41) is 0. The molecule has 0 aromatic rings. The van der Waals surface area contributed by atoms with Gasteiger partial charge in [-0.1, -0.05) is 19.3 Å². The highest BCUT2D eigenvalue weighted by atomic mass is 16.1. The van der Waals surface area contributed by atoms with Crippen LogP contribution in [-0.2, 0) is 4.79 Å². The van der Waals surface area contributed by atoms with E-state index in [1.165, 1.54) is 32.1 Å². The van der Waals surface area contributed by atoms with Crippen LogP contribution in [0.25, 0.3) is 0 Å². The highest BCUT2D eigenvalue weighted by molar-refractivity contribution is 5.79. The Balaban J connectivity index is 2.31. The number of hydrogen-bond donors (Lipinski definition) is 1. The Bertz CT molecular complexity index is 188. The van der Waals surface area contributed by atoms with Crippen molar-refractivity contribution in [2.75, 3.05) is 13.6 Å². The molecule has 0 aromatic heterocycles. The van der Waals surface area contributed by atoms with Gasteiger partial charge in [-0.3, -0.25) is 9.69 Å². The summed E-state index contributed by atoms with van der Waals surface area (Å²) in [6.07, 6.45) is 6.71. The van der Waals surface area contributed by atoms with Gasteiger partial charge in [0.2, 0.25) is 5.91 Å². The quantitative estimate of drug-likeness (QED) is 0.741. The Kier molecular flexibility index (Phi) is 4.39. The van der Waals surface area contributed by atoms with Crippen LogP contribution in [0, 0.1) is 5.92 Å². The zero-order valence-electron chi connectivity index (χ0n) is 9.33. The van der Waals surface area contributed by atoms with E-state index in [2.05, 4.69) is 4.90 Å². The van der Waals surface area contributed by atoms with E-state index < -0.39 is 0 Å². The summed E-state index contributed by atoms with van der Waals surface area (Å²) >= 11 is 0. The molecular weight excluding hydrogens is 176 g/mol. The van der Waals surface area contributed by atoms with Gasteiger partial charge in [0.25, 0.3) is 0 Å². The van der Waals surface area contributed by atoms with Gasteiger partial charge in [-0.05, 0) is 32.7 Å². The average Bonchev–Trinajstić information content (AvgIpc) is 2.18. The molecule has 0 bridgehead atoms. The van der Waals surface area contributed by atoms with E-state index in [4.69, 9.17) is 5.73 Å². The second-order valence-corrected chi connectivity index (χ2v) is 4.52. The number of carbonyl (C=O) groups excluding carboxylic acids is 1. The molecule has 1 fully saturated rings. The Morgan fingerprint density at radius 2 is 2.00 bits per heavy atom. The molecule has 0 heterocycles. The molecule has 1 rings (SSSR count). The van der Waals surface area contributed by atoms with Crippen LogP contribution in [0.1, 0.15) is 39.0 Å². The van der Waals surface area contributed by atoms with Crippen LogP contribution in [0.2, 0.25) is 0 Å². The molecule has 1 aliphatic rings. The first-order chi connectivity index (χ1) is 6.61. The molecule has 0 aliphatic heterocycles. The van der Waals surface area contributed by atoms with Gasteiger partial charge in [0.15, 0.2) is 0 Å². The molecule has 0 aromatic carbocycles. The zero-order chi connectivity index (χ0) is 10.6. The van der Waals surface area contributed by atoms with E-state index in [0.717, 1.165) is 12.5 Å². The molecule has 3 heteroatoms. The molecule has 1 amide bonds. The van der Waals surface area contributed by atoms with Crippen molar-refractivity contribution >= 4 is 5.91 Å². The first-order valence-electron chi connectivity index (χ1n) is 5.61. The summed E-state index contributed by atoms with van der Waals surface area (Å²) in [5.41, 5.74) is 5.26. The minimum absolute atomic E-state index is 0.128. The number of nitrogens with zero attached hydrogens (tertiary/aromatic N) is 1. The molecule has 1 saturated carbocycles. The lowest BCUT2D eigenvalue weighted by atomic mass is 9.89. The summed E-state index contributed by atoms with van der Waals surface area (Å²) < 4.78 is 0. The van der Waals surface area contributed by atoms with Crippen LogP contribution in [0.3, 0.4) is 0 Å². The molecule has 0 radical (unpaired) electrons. The fourth-order valence-corrected chi connectivity index (χ4v) is 2.15. The van der Waals surface area contributed by atoms with Gasteiger partial charge >= 0.3 is 0 Å². The maximum Gasteiger partial charge on any atom is 0.234 e. The summed E-state index contributed by atoms with van der Waals surface area (Å²) in [7, 11) is 1.99. The van der Waals surface area contributed by atoms with Crippen LogP contribution in [0.4, 0.5) is 0 Å². The maximum atomic E-state index is 11.0. The largest absolute Gasteiger partial charge is 0.368 e. The number of amides is 1. The van der Waals surface area contributed by atoms with Crippen molar-refractivity contribution in [3.05, 3.63) is 0 Å². The maximum absolute atomic E-state index is 11.0. The molecule has 0 saturated heterocycles. The summed E-state index contributed by atoms with van der Waals surface area (Å²) in [5.74, 6) is 0.554. The Hall–Kier alpha value is -0.570. The van der Waals surface area contributed by atoms with Crippen molar-refractivity contribution in [3.63, 3.8) is 0 Å². The van der Waals surface area contributed by atoms with E-state index in [-0.39, 0.29) is 11.9 Å². The van der Waals surface area contributed by atoms with Crippen molar-refractivity contribution in [1.29, 1.82) is 0 Å². The number of rotatable bonds is 4. The average molecular weight is 198 g/mol. The molecule has 0 unspecified atom stereocenters. The van der Waals surface area contributed by atoms with E-state index in [9.17, 15) is 4.79 Å². The SMILES string of the molecule is C[C@H](C(N)=O)N(C)CC1CCCCC1. The van der Waals surface area contributed by atoms with Crippen LogP contribution in [0.15, 0.2) is 0 Å². The normalized spacial score (nSPS) is 21.1. The third-order valence-electron chi connectivity index (χ3n) is 3.34. The topological polar surface area (TPSA) is 46.3 Å².